The van der Waals surface area contributed by atoms with Crippen LogP contribution in [0.4, 0.5) is 0 Å². The van der Waals surface area contributed by atoms with Gasteiger partial charge in [0.2, 0.25) is 0 Å². The Morgan fingerprint density at radius 1 is 1.05 bits per heavy atom. The minimum Gasteiger partial charge on any atom is -0.252 e. The zero-order valence-corrected chi connectivity index (χ0v) is 11.8. The molecule has 0 atom stereocenters. The van der Waals surface area contributed by atoms with Crippen molar-refractivity contribution >= 4 is 22.6 Å². The molecule has 0 spiro atoms. The van der Waals surface area contributed by atoms with E-state index in [4.69, 9.17) is 4.98 Å². The summed E-state index contributed by atoms with van der Waals surface area (Å²) in [7, 11) is 0. The van der Waals surface area contributed by atoms with Crippen LogP contribution in [0.3, 0.4) is 0 Å². The van der Waals surface area contributed by atoms with E-state index < -0.39 is 0 Å². The molecule has 0 N–H and O–H groups in total. The zero-order valence-electron chi connectivity index (χ0n) is 11.8. The SMILES string of the molecule is CCC1=c2c(ccc3ccc(C)nc23)=CC=C(C)C1. The quantitative estimate of drug-likeness (QED) is 0.756. The molecule has 19 heavy (non-hydrogen) atoms. The van der Waals surface area contributed by atoms with Gasteiger partial charge in [0.05, 0.1) is 5.52 Å². The van der Waals surface area contributed by atoms with Crippen LogP contribution in [0.25, 0.3) is 22.6 Å². The maximum Gasteiger partial charge on any atom is 0.0783 e. The maximum atomic E-state index is 4.79. The molecule has 0 saturated carbocycles. The molecule has 1 aromatic heterocycles. The minimum atomic E-state index is 1.06. The molecule has 0 unspecified atom stereocenters. The molecular formula is C18H19N. The molecule has 1 heterocycles. The third-order valence-electron chi connectivity index (χ3n) is 3.85. The Hall–Kier alpha value is -1.89. The molecule has 0 bridgehead atoms. The fraction of sp³-hybridized carbons (Fsp3) is 0.278. The third kappa shape index (κ3) is 2.10. The van der Waals surface area contributed by atoms with E-state index >= 15 is 0 Å². The molecule has 96 valence electrons. The Bertz CT molecular complexity index is 794. The van der Waals surface area contributed by atoms with E-state index in [-0.39, 0.29) is 0 Å². The van der Waals surface area contributed by atoms with Crippen molar-refractivity contribution in [2.24, 2.45) is 0 Å². The highest BCUT2D eigenvalue weighted by molar-refractivity contribution is 5.82. The summed E-state index contributed by atoms with van der Waals surface area (Å²) in [4.78, 5) is 4.79. The first-order chi connectivity index (χ1) is 9.19. The first-order valence-corrected chi connectivity index (χ1v) is 6.95. The largest absolute Gasteiger partial charge is 0.252 e. The molecule has 1 aromatic carbocycles. The number of fused-ring (bicyclic) bond motifs is 3. The van der Waals surface area contributed by atoms with Crippen LogP contribution in [-0.4, -0.2) is 4.98 Å². The first kappa shape index (κ1) is 12.2. The van der Waals surface area contributed by atoms with E-state index in [1.807, 2.05) is 0 Å². The van der Waals surface area contributed by atoms with Gasteiger partial charge in [-0.1, -0.05) is 48.4 Å². The number of benzene rings is 1. The number of pyridine rings is 1. The predicted octanol–water partition coefficient (Wildman–Crippen LogP) is 3.23. The number of nitrogens with zero attached hydrogens (tertiary/aromatic N) is 1. The zero-order chi connectivity index (χ0) is 13.4. The Kier molecular flexibility index (Phi) is 2.98. The molecule has 0 radical (unpaired) electrons. The summed E-state index contributed by atoms with van der Waals surface area (Å²) < 4.78 is 0. The average Bonchev–Trinajstić information content (AvgIpc) is 2.58. The van der Waals surface area contributed by atoms with Crippen LogP contribution in [0.15, 0.2) is 35.9 Å². The summed E-state index contributed by atoms with van der Waals surface area (Å²) in [6, 6.07) is 8.67. The van der Waals surface area contributed by atoms with Crippen LogP contribution < -0.4 is 10.4 Å². The van der Waals surface area contributed by atoms with Gasteiger partial charge in [-0.2, -0.15) is 0 Å². The van der Waals surface area contributed by atoms with Crippen LogP contribution in [0.1, 0.15) is 32.4 Å². The lowest BCUT2D eigenvalue weighted by molar-refractivity contribution is 1.10. The number of hydrogen-bond donors (Lipinski definition) is 0. The molecule has 2 aromatic rings. The number of allylic oxidation sites excluding steroid dienone is 2. The van der Waals surface area contributed by atoms with Crippen molar-refractivity contribution in [1.29, 1.82) is 0 Å². The molecular weight excluding hydrogens is 230 g/mol. The topological polar surface area (TPSA) is 12.9 Å². The Morgan fingerprint density at radius 3 is 2.63 bits per heavy atom. The fourth-order valence-corrected chi connectivity index (χ4v) is 2.83. The summed E-state index contributed by atoms with van der Waals surface area (Å²) in [6.07, 6.45) is 6.62. The lowest BCUT2D eigenvalue weighted by Gasteiger charge is -2.07. The van der Waals surface area contributed by atoms with Crippen LogP contribution in [0.2, 0.25) is 0 Å². The second kappa shape index (κ2) is 4.65. The molecule has 1 nitrogen and oxygen atoms in total. The lowest BCUT2D eigenvalue weighted by Crippen LogP contribution is -2.28. The average molecular weight is 249 g/mol. The van der Waals surface area contributed by atoms with Crippen LogP contribution in [-0.2, 0) is 0 Å². The summed E-state index contributed by atoms with van der Waals surface area (Å²) in [5.74, 6) is 0. The molecule has 1 heteroatoms. The Balaban J connectivity index is 2.54. The molecule has 1 aliphatic carbocycles. The van der Waals surface area contributed by atoms with Crippen LogP contribution in [0, 0.1) is 6.92 Å². The van der Waals surface area contributed by atoms with Crippen molar-refractivity contribution in [3.8, 4) is 0 Å². The monoisotopic (exact) mass is 249 g/mol. The molecule has 0 saturated heterocycles. The standard InChI is InChI=1S/C18H19N/c1-4-14-11-12(2)5-7-15-9-10-16-8-6-13(3)19-18(16)17(14)15/h5-10H,4,11H2,1-3H3. The molecule has 0 fully saturated rings. The number of hydrogen-bond acceptors (Lipinski definition) is 1. The number of aromatic nitrogens is 1. The van der Waals surface area contributed by atoms with Crippen LogP contribution in [0.5, 0.6) is 0 Å². The second-order valence-corrected chi connectivity index (χ2v) is 5.37. The van der Waals surface area contributed by atoms with Crippen molar-refractivity contribution in [3.05, 3.63) is 52.0 Å². The van der Waals surface area contributed by atoms with Crippen molar-refractivity contribution in [1.82, 2.24) is 4.98 Å². The highest BCUT2D eigenvalue weighted by Gasteiger charge is 2.07. The van der Waals surface area contributed by atoms with Crippen molar-refractivity contribution in [3.63, 3.8) is 0 Å². The minimum absolute atomic E-state index is 1.06. The van der Waals surface area contributed by atoms with Gasteiger partial charge in [-0.3, -0.25) is 4.98 Å². The van der Waals surface area contributed by atoms with Crippen molar-refractivity contribution in [2.45, 2.75) is 33.6 Å². The van der Waals surface area contributed by atoms with Gasteiger partial charge >= 0.3 is 0 Å². The number of rotatable bonds is 1. The molecule has 1 aliphatic rings. The van der Waals surface area contributed by atoms with Gasteiger partial charge in [-0.15, -0.1) is 0 Å². The third-order valence-corrected chi connectivity index (χ3v) is 3.85. The lowest BCUT2D eigenvalue weighted by atomic mass is 10.0. The smallest absolute Gasteiger partial charge is 0.0783 e. The van der Waals surface area contributed by atoms with Gasteiger partial charge in [0, 0.05) is 16.3 Å². The highest BCUT2D eigenvalue weighted by Crippen LogP contribution is 2.17. The molecule has 0 amide bonds. The number of aryl methyl sites for hydroxylation is 1. The van der Waals surface area contributed by atoms with Gasteiger partial charge in [0.25, 0.3) is 0 Å². The summed E-state index contributed by atoms with van der Waals surface area (Å²) in [6.45, 7) is 6.51. The maximum absolute atomic E-state index is 4.79. The summed E-state index contributed by atoms with van der Waals surface area (Å²) in [5, 5.41) is 3.90. The van der Waals surface area contributed by atoms with E-state index in [1.165, 1.54) is 27.0 Å². The first-order valence-electron chi connectivity index (χ1n) is 6.95. The highest BCUT2D eigenvalue weighted by atomic mass is 14.7. The normalized spacial score (nSPS) is 14.7. The molecule has 3 rings (SSSR count). The van der Waals surface area contributed by atoms with Gasteiger partial charge in [0.1, 0.15) is 0 Å². The summed E-state index contributed by atoms with van der Waals surface area (Å²) in [5.41, 5.74) is 5.18. The van der Waals surface area contributed by atoms with Crippen molar-refractivity contribution in [2.75, 3.05) is 0 Å². The van der Waals surface area contributed by atoms with Crippen LogP contribution >= 0.6 is 0 Å². The van der Waals surface area contributed by atoms with Gasteiger partial charge in [-0.25, -0.2) is 0 Å². The molecule has 0 aliphatic heterocycles. The van der Waals surface area contributed by atoms with Gasteiger partial charge in [-0.05, 0) is 38.0 Å². The van der Waals surface area contributed by atoms with Gasteiger partial charge in [0.15, 0.2) is 0 Å². The second-order valence-electron chi connectivity index (χ2n) is 5.37. The fourth-order valence-electron chi connectivity index (χ4n) is 2.83. The van der Waals surface area contributed by atoms with E-state index in [1.54, 1.807) is 0 Å². The van der Waals surface area contributed by atoms with E-state index in [2.05, 4.69) is 57.2 Å². The Morgan fingerprint density at radius 2 is 1.84 bits per heavy atom. The Labute approximate surface area is 114 Å². The predicted molar refractivity (Wildman–Crippen MR) is 82.3 cm³/mol. The van der Waals surface area contributed by atoms with E-state index in [9.17, 15) is 0 Å². The van der Waals surface area contributed by atoms with Crippen molar-refractivity contribution < 1.29 is 0 Å². The van der Waals surface area contributed by atoms with Gasteiger partial charge < -0.3 is 0 Å². The van der Waals surface area contributed by atoms with E-state index in [0.29, 0.717) is 0 Å². The van der Waals surface area contributed by atoms with E-state index in [0.717, 1.165) is 24.1 Å². The summed E-state index contributed by atoms with van der Waals surface area (Å²) >= 11 is 0.